The monoisotopic (exact) mass is 421 g/mol. The first-order chi connectivity index (χ1) is 14.5. The molecule has 0 aliphatic rings. The number of amides is 1. The van der Waals surface area contributed by atoms with Crippen molar-refractivity contribution in [3.05, 3.63) is 81.1 Å². The first-order valence-electron chi connectivity index (χ1n) is 8.89. The van der Waals surface area contributed by atoms with Crippen LogP contribution in [0.5, 0.6) is 0 Å². The molecule has 0 spiro atoms. The van der Waals surface area contributed by atoms with Crippen molar-refractivity contribution in [2.24, 2.45) is 4.99 Å². The lowest BCUT2D eigenvalue weighted by atomic mass is 10.1. The predicted molar refractivity (Wildman–Crippen MR) is 112 cm³/mol. The Kier molecular flexibility index (Phi) is 5.11. The van der Waals surface area contributed by atoms with E-state index in [9.17, 15) is 19.7 Å². The van der Waals surface area contributed by atoms with Crippen LogP contribution in [0, 0.1) is 10.1 Å². The molecule has 0 aliphatic carbocycles. The van der Waals surface area contributed by atoms with E-state index in [4.69, 9.17) is 4.74 Å². The van der Waals surface area contributed by atoms with Gasteiger partial charge in [0.15, 0.2) is 4.80 Å². The predicted octanol–water partition coefficient (Wildman–Crippen LogP) is 3.68. The Balaban J connectivity index is 1.88. The highest BCUT2D eigenvalue weighted by atomic mass is 32.1. The summed E-state index contributed by atoms with van der Waals surface area (Å²) in [5.74, 6) is -1.02. The highest BCUT2D eigenvalue weighted by Crippen LogP contribution is 2.27. The van der Waals surface area contributed by atoms with Crippen LogP contribution in [0.15, 0.2) is 65.7 Å². The van der Waals surface area contributed by atoms with Gasteiger partial charge in [-0.05, 0) is 23.6 Å². The second-order valence-electron chi connectivity index (χ2n) is 6.40. The number of thiazole rings is 1. The van der Waals surface area contributed by atoms with Gasteiger partial charge >= 0.3 is 5.97 Å². The SMILES string of the molecule is COC(=O)Cn1c(=NC(=O)c2ccc([N+](=O)[O-])cc2)sc2c3ccccc3ccc21. The van der Waals surface area contributed by atoms with Gasteiger partial charge in [-0.3, -0.25) is 19.7 Å². The third-order valence-corrected chi connectivity index (χ3v) is 5.74. The molecule has 8 nitrogen and oxygen atoms in total. The number of benzene rings is 3. The maximum Gasteiger partial charge on any atom is 0.325 e. The molecule has 150 valence electrons. The number of nitro benzene ring substituents is 1. The molecule has 0 saturated carbocycles. The van der Waals surface area contributed by atoms with Gasteiger partial charge in [0.25, 0.3) is 11.6 Å². The number of nitro groups is 1. The zero-order valence-corrected chi connectivity index (χ0v) is 16.6. The minimum absolute atomic E-state index is 0.0960. The zero-order chi connectivity index (χ0) is 21.3. The molecule has 1 amide bonds. The maximum atomic E-state index is 12.7. The molecule has 0 fully saturated rings. The summed E-state index contributed by atoms with van der Waals surface area (Å²) in [5, 5.41) is 12.8. The van der Waals surface area contributed by atoms with E-state index < -0.39 is 16.8 Å². The van der Waals surface area contributed by atoms with Crippen LogP contribution in [0.1, 0.15) is 10.4 Å². The molecule has 1 aromatic heterocycles. The van der Waals surface area contributed by atoms with Crippen molar-refractivity contribution in [2.75, 3.05) is 7.11 Å². The van der Waals surface area contributed by atoms with E-state index in [0.29, 0.717) is 4.80 Å². The number of fused-ring (bicyclic) bond motifs is 3. The summed E-state index contributed by atoms with van der Waals surface area (Å²) in [4.78, 5) is 39.5. The van der Waals surface area contributed by atoms with Crippen molar-refractivity contribution in [3.63, 3.8) is 0 Å². The molecule has 0 bridgehead atoms. The minimum Gasteiger partial charge on any atom is -0.468 e. The maximum absolute atomic E-state index is 12.7. The van der Waals surface area contributed by atoms with Crippen molar-refractivity contribution in [3.8, 4) is 0 Å². The third kappa shape index (κ3) is 3.58. The lowest BCUT2D eigenvalue weighted by Gasteiger charge is -2.04. The van der Waals surface area contributed by atoms with Crippen LogP contribution in [0.2, 0.25) is 0 Å². The standard InChI is InChI=1S/C21H15N3O5S/c1-29-18(25)12-23-17-11-8-13-4-2-3-5-16(13)19(17)30-21(23)22-20(26)14-6-9-15(10-7-14)24(27)28/h2-11H,12H2,1H3. The summed E-state index contributed by atoms with van der Waals surface area (Å²) in [6, 6.07) is 16.9. The van der Waals surface area contributed by atoms with Crippen LogP contribution in [-0.4, -0.2) is 28.5 Å². The topological polar surface area (TPSA) is 104 Å². The Bertz CT molecular complexity index is 1370. The van der Waals surface area contributed by atoms with Crippen LogP contribution in [-0.2, 0) is 16.1 Å². The van der Waals surface area contributed by atoms with E-state index in [1.807, 2.05) is 36.4 Å². The Labute approximate surface area is 173 Å². The van der Waals surface area contributed by atoms with Crippen LogP contribution < -0.4 is 4.80 Å². The van der Waals surface area contributed by atoms with Crippen LogP contribution >= 0.6 is 11.3 Å². The lowest BCUT2D eigenvalue weighted by molar-refractivity contribution is -0.384. The molecule has 0 aliphatic heterocycles. The molecule has 3 aromatic carbocycles. The molecule has 1 heterocycles. The van der Waals surface area contributed by atoms with Crippen molar-refractivity contribution >= 4 is 49.9 Å². The number of carbonyl (C=O) groups is 2. The second kappa shape index (κ2) is 7.88. The highest BCUT2D eigenvalue weighted by Gasteiger charge is 2.15. The van der Waals surface area contributed by atoms with E-state index in [0.717, 1.165) is 21.0 Å². The summed E-state index contributed by atoms with van der Waals surface area (Å²) in [6.45, 7) is -0.0960. The second-order valence-corrected chi connectivity index (χ2v) is 7.38. The highest BCUT2D eigenvalue weighted by molar-refractivity contribution is 7.17. The average molecular weight is 421 g/mol. The van der Waals surface area contributed by atoms with Crippen LogP contribution in [0.3, 0.4) is 0 Å². The third-order valence-electron chi connectivity index (χ3n) is 4.61. The Hall–Kier alpha value is -3.85. The fourth-order valence-electron chi connectivity index (χ4n) is 3.11. The molecule has 30 heavy (non-hydrogen) atoms. The quantitative estimate of drug-likeness (QED) is 0.284. The molecule has 9 heteroatoms. The normalized spacial score (nSPS) is 11.7. The molecule has 0 unspecified atom stereocenters. The van der Waals surface area contributed by atoms with Crippen molar-refractivity contribution in [1.29, 1.82) is 0 Å². The molecule has 0 saturated heterocycles. The number of carbonyl (C=O) groups excluding carboxylic acids is 2. The van der Waals surface area contributed by atoms with Crippen LogP contribution in [0.25, 0.3) is 21.0 Å². The summed E-state index contributed by atoms with van der Waals surface area (Å²) in [7, 11) is 1.30. The number of aromatic nitrogens is 1. The number of hydrogen-bond donors (Lipinski definition) is 0. The van der Waals surface area contributed by atoms with E-state index >= 15 is 0 Å². The van der Waals surface area contributed by atoms with Gasteiger partial charge in [0, 0.05) is 23.1 Å². The van der Waals surface area contributed by atoms with Crippen molar-refractivity contribution in [1.82, 2.24) is 4.57 Å². The molecule has 0 atom stereocenters. The summed E-state index contributed by atoms with van der Waals surface area (Å²) < 4.78 is 7.33. The number of methoxy groups -OCH3 is 1. The first-order valence-corrected chi connectivity index (χ1v) is 9.71. The molecule has 0 N–H and O–H groups in total. The van der Waals surface area contributed by atoms with Crippen molar-refractivity contribution in [2.45, 2.75) is 6.54 Å². The number of hydrogen-bond acceptors (Lipinski definition) is 6. The van der Waals surface area contributed by atoms with Gasteiger partial charge in [-0.2, -0.15) is 4.99 Å². The number of rotatable bonds is 4. The number of non-ortho nitro benzene ring substituents is 1. The Morgan fingerprint density at radius 3 is 2.53 bits per heavy atom. The van der Waals surface area contributed by atoms with E-state index in [2.05, 4.69) is 4.99 Å². The van der Waals surface area contributed by atoms with Crippen LogP contribution in [0.4, 0.5) is 5.69 Å². The molecular formula is C21H15N3O5S. The smallest absolute Gasteiger partial charge is 0.325 e. The van der Waals surface area contributed by atoms with Gasteiger partial charge in [0.1, 0.15) is 6.54 Å². The number of esters is 1. The Morgan fingerprint density at radius 2 is 1.83 bits per heavy atom. The molecule has 0 radical (unpaired) electrons. The molecule has 4 aromatic rings. The number of ether oxygens (including phenoxy) is 1. The van der Waals surface area contributed by atoms with E-state index in [1.165, 1.54) is 42.7 Å². The zero-order valence-electron chi connectivity index (χ0n) is 15.8. The fourth-order valence-corrected chi connectivity index (χ4v) is 4.27. The van der Waals surface area contributed by atoms with Gasteiger partial charge in [-0.25, -0.2) is 0 Å². The van der Waals surface area contributed by atoms with E-state index in [1.54, 1.807) is 4.57 Å². The molecular weight excluding hydrogens is 406 g/mol. The lowest BCUT2D eigenvalue weighted by Crippen LogP contribution is -2.22. The summed E-state index contributed by atoms with van der Waals surface area (Å²) in [6.07, 6.45) is 0. The molecule has 4 rings (SSSR count). The first kappa shape index (κ1) is 19.5. The largest absolute Gasteiger partial charge is 0.468 e. The van der Waals surface area contributed by atoms with Gasteiger partial charge in [-0.1, -0.05) is 41.7 Å². The number of nitrogens with zero attached hydrogens (tertiary/aromatic N) is 3. The summed E-state index contributed by atoms with van der Waals surface area (Å²) >= 11 is 1.30. The van der Waals surface area contributed by atoms with Gasteiger partial charge in [0.05, 0.1) is 22.2 Å². The van der Waals surface area contributed by atoms with E-state index in [-0.39, 0.29) is 17.8 Å². The van der Waals surface area contributed by atoms with Crippen molar-refractivity contribution < 1.29 is 19.2 Å². The fraction of sp³-hybridized carbons (Fsp3) is 0.0952. The Morgan fingerprint density at radius 1 is 1.10 bits per heavy atom. The van der Waals surface area contributed by atoms with Gasteiger partial charge < -0.3 is 9.30 Å². The average Bonchev–Trinajstić information content (AvgIpc) is 3.11. The minimum atomic E-state index is -0.556. The summed E-state index contributed by atoms with van der Waals surface area (Å²) in [5.41, 5.74) is 0.868. The van der Waals surface area contributed by atoms with Gasteiger partial charge in [-0.15, -0.1) is 0 Å². The van der Waals surface area contributed by atoms with Gasteiger partial charge in [0.2, 0.25) is 0 Å².